The minimum absolute atomic E-state index is 0.0123. The van der Waals surface area contributed by atoms with Crippen LogP contribution in [0.3, 0.4) is 0 Å². The average Bonchev–Trinajstić information content (AvgIpc) is 2.94. The van der Waals surface area contributed by atoms with Gasteiger partial charge < -0.3 is 9.64 Å². The van der Waals surface area contributed by atoms with Gasteiger partial charge in [-0.25, -0.2) is 0 Å². The molecule has 2 aliphatic rings. The molecule has 1 amide bonds. The number of rotatable bonds is 1. The molecule has 0 bridgehead atoms. The number of hydrogen-bond donors (Lipinski definition) is 0. The summed E-state index contributed by atoms with van der Waals surface area (Å²) in [6, 6.07) is 8.05. The van der Waals surface area contributed by atoms with E-state index < -0.39 is 6.10 Å². The lowest BCUT2D eigenvalue weighted by Gasteiger charge is -2.29. The number of carbonyl (C=O) groups excluding carboxylic acids is 1. The largest absolute Gasteiger partial charge is 0.360 e. The maximum atomic E-state index is 12.4. The second-order valence-corrected chi connectivity index (χ2v) is 5.08. The highest BCUT2D eigenvalue weighted by atomic mass is 16.5. The number of hydrogen-bond acceptors (Lipinski definition) is 3. The van der Waals surface area contributed by atoms with Crippen LogP contribution in [0.5, 0.6) is 0 Å². The maximum absolute atomic E-state index is 12.4. The van der Waals surface area contributed by atoms with E-state index >= 15 is 0 Å². The Hall–Kier alpha value is -1.86. The first-order valence-corrected chi connectivity index (χ1v) is 6.70. The minimum Gasteiger partial charge on any atom is -0.360 e. The lowest BCUT2D eigenvalue weighted by Crippen LogP contribution is -2.45. The number of morpholine rings is 1. The van der Waals surface area contributed by atoms with Crippen molar-refractivity contribution in [1.29, 1.82) is 5.26 Å². The Labute approximate surface area is 112 Å². The standard InChI is InChI=1S/C15H16N2O2/c16-9-14-10-17(6-7-19-14)15(18)13-5-4-11-2-1-3-12(11)8-13/h4-5,8,14H,1-3,6-7,10H2. The van der Waals surface area contributed by atoms with Crippen LogP contribution in [-0.4, -0.2) is 36.6 Å². The molecule has 0 saturated carbocycles. The minimum atomic E-state index is -0.493. The van der Waals surface area contributed by atoms with Crippen molar-refractivity contribution in [2.45, 2.75) is 25.4 Å². The molecule has 1 aromatic carbocycles. The molecule has 4 heteroatoms. The monoisotopic (exact) mass is 256 g/mol. The first-order valence-electron chi connectivity index (χ1n) is 6.70. The molecule has 1 unspecified atom stereocenters. The van der Waals surface area contributed by atoms with E-state index in [9.17, 15) is 4.79 Å². The summed E-state index contributed by atoms with van der Waals surface area (Å²) in [6.07, 6.45) is 2.88. The van der Waals surface area contributed by atoms with Gasteiger partial charge >= 0.3 is 0 Å². The molecule has 1 aromatic rings. The van der Waals surface area contributed by atoms with E-state index in [-0.39, 0.29) is 5.91 Å². The summed E-state index contributed by atoms with van der Waals surface area (Å²) in [5.74, 6) is 0.0123. The number of nitriles is 1. The lowest BCUT2D eigenvalue weighted by atomic mass is 10.1. The summed E-state index contributed by atoms with van der Waals surface area (Å²) < 4.78 is 5.26. The van der Waals surface area contributed by atoms with E-state index in [0.29, 0.717) is 19.7 Å². The zero-order chi connectivity index (χ0) is 13.2. The van der Waals surface area contributed by atoms with Crippen molar-refractivity contribution in [3.8, 4) is 6.07 Å². The van der Waals surface area contributed by atoms with E-state index in [0.717, 1.165) is 18.4 Å². The molecule has 4 nitrogen and oxygen atoms in total. The number of aryl methyl sites for hydroxylation is 2. The molecule has 0 aromatic heterocycles. The van der Waals surface area contributed by atoms with Crippen LogP contribution < -0.4 is 0 Å². The highest BCUT2D eigenvalue weighted by molar-refractivity contribution is 5.94. The van der Waals surface area contributed by atoms with Crippen LogP contribution >= 0.6 is 0 Å². The van der Waals surface area contributed by atoms with E-state index in [1.54, 1.807) is 4.90 Å². The molecule has 0 spiro atoms. The van der Waals surface area contributed by atoms with Crippen LogP contribution in [0.15, 0.2) is 18.2 Å². The van der Waals surface area contributed by atoms with Crippen molar-refractivity contribution < 1.29 is 9.53 Å². The molecule has 1 heterocycles. The summed E-state index contributed by atoms with van der Waals surface area (Å²) in [4.78, 5) is 14.1. The summed E-state index contributed by atoms with van der Waals surface area (Å²) >= 11 is 0. The van der Waals surface area contributed by atoms with Gasteiger partial charge in [-0.2, -0.15) is 5.26 Å². The molecule has 1 aliphatic carbocycles. The third-order valence-corrected chi connectivity index (χ3v) is 3.84. The van der Waals surface area contributed by atoms with Gasteiger partial charge in [0.05, 0.1) is 19.2 Å². The predicted octanol–water partition coefficient (Wildman–Crippen LogP) is 1.54. The van der Waals surface area contributed by atoms with Gasteiger partial charge in [0.1, 0.15) is 0 Å². The smallest absolute Gasteiger partial charge is 0.254 e. The Morgan fingerprint density at radius 1 is 1.37 bits per heavy atom. The van der Waals surface area contributed by atoms with Crippen molar-refractivity contribution in [1.82, 2.24) is 4.90 Å². The second-order valence-electron chi connectivity index (χ2n) is 5.08. The van der Waals surface area contributed by atoms with Crippen LogP contribution in [0.4, 0.5) is 0 Å². The van der Waals surface area contributed by atoms with Gasteiger partial charge in [0, 0.05) is 12.1 Å². The van der Waals surface area contributed by atoms with Gasteiger partial charge in [0.2, 0.25) is 0 Å². The fourth-order valence-corrected chi connectivity index (χ4v) is 2.80. The van der Waals surface area contributed by atoms with Crippen LogP contribution in [0.2, 0.25) is 0 Å². The zero-order valence-corrected chi connectivity index (χ0v) is 10.8. The number of amides is 1. The third kappa shape index (κ3) is 2.34. The van der Waals surface area contributed by atoms with Gasteiger partial charge in [-0.05, 0) is 42.5 Å². The second kappa shape index (κ2) is 5.02. The van der Waals surface area contributed by atoms with Crippen LogP contribution in [0, 0.1) is 11.3 Å². The van der Waals surface area contributed by atoms with Crippen molar-refractivity contribution in [2.24, 2.45) is 0 Å². The highest BCUT2D eigenvalue weighted by Crippen LogP contribution is 2.23. The molecule has 1 atom stereocenters. The summed E-state index contributed by atoms with van der Waals surface area (Å²) in [5.41, 5.74) is 3.41. The summed E-state index contributed by atoms with van der Waals surface area (Å²) in [6.45, 7) is 1.37. The Bertz CT molecular complexity index is 548. The third-order valence-electron chi connectivity index (χ3n) is 3.84. The number of benzene rings is 1. The number of carbonyl (C=O) groups is 1. The van der Waals surface area contributed by atoms with Crippen molar-refractivity contribution in [3.63, 3.8) is 0 Å². The van der Waals surface area contributed by atoms with Crippen molar-refractivity contribution in [2.75, 3.05) is 19.7 Å². The van der Waals surface area contributed by atoms with Crippen LogP contribution in [-0.2, 0) is 17.6 Å². The summed E-state index contributed by atoms with van der Waals surface area (Å²) in [7, 11) is 0. The van der Waals surface area contributed by atoms with Crippen LogP contribution in [0.1, 0.15) is 27.9 Å². The molecule has 19 heavy (non-hydrogen) atoms. The number of nitrogens with zero attached hydrogens (tertiary/aromatic N) is 2. The summed E-state index contributed by atoms with van der Waals surface area (Å²) in [5, 5.41) is 8.88. The average molecular weight is 256 g/mol. The Morgan fingerprint density at radius 2 is 2.21 bits per heavy atom. The fourth-order valence-electron chi connectivity index (χ4n) is 2.80. The Balaban J connectivity index is 1.78. The highest BCUT2D eigenvalue weighted by Gasteiger charge is 2.25. The first-order chi connectivity index (χ1) is 9.28. The molecule has 3 rings (SSSR count). The molecule has 1 fully saturated rings. The SMILES string of the molecule is N#CC1CN(C(=O)c2ccc3c(c2)CCC3)CCO1. The molecule has 1 aliphatic heterocycles. The van der Waals surface area contributed by atoms with Gasteiger partial charge in [-0.15, -0.1) is 0 Å². The van der Waals surface area contributed by atoms with E-state index in [1.807, 2.05) is 12.1 Å². The van der Waals surface area contributed by atoms with Crippen molar-refractivity contribution in [3.05, 3.63) is 34.9 Å². The van der Waals surface area contributed by atoms with E-state index in [1.165, 1.54) is 17.5 Å². The molecule has 98 valence electrons. The molecular formula is C15H16N2O2. The molecule has 1 saturated heterocycles. The quantitative estimate of drug-likeness (QED) is 0.766. The molecule has 0 N–H and O–H groups in total. The van der Waals surface area contributed by atoms with E-state index in [2.05, 4.69) is 12.1 Å². The normalized spacial score (nSPS) is 21.8. The fraction of sp³-hybridized carbons (Fsp3) is 0.467. The van der Waals surface area contributed by atoms with Crippen molar-refractivity contribution >= 4 is 5.91 Å². The maximum Gasteiger partial charge on any atom is 0.254 e. The van der Waals surface area contributed by atoms with E-state index in [4.69, 9.17) is 10.00 Å². The van der Waals surface area contributed by atoms with Gasteiger partial charge in [-0.3, -0.25) is 4.79 Å². The van der Waals surface area contributed by atoms with Gasteiger partial charge in [-0.1, -0.05) is 6.07 Å². The van der Waals surface area contributed by atoms with Gasteiger partial charge in [0.15, 0.2) is 6.10 Å². The lowest BCUT2D eigenvalue weighted by molar-refractivity contribution is 0.00346. The topological polar surface area (TPSA) is 53.3 Å². The Morgan fingerprint density at radius 3 is 3.05 bits per heavy atom. The Kier molecular flexibility index (Phi) is 3.22. The number of fused-ring (bicyclic) bond motifs is 1. The zero-order valence-electron chi connectivity index (χ0n) is 10.8. The molecule has 0 radical (unpaired) electrons. The van der Waals surface area contributed by atoms with Crippen LogP contribution in [0.25, 0.3) is 0 Å². The molecular weight excluding hydrogens is 240 g/mol. The van der Waals surface area contributed by atoms with Gasteiger partial charge in [0.25, 0.3) is 5.91 Å². The number of ether oxygens (including phenoxy) is 1. The predicted molar refractivity (Wildman–Crippen MR) is 69.7 cm³/mol. The first kappa shape index (κ1) is 12.2.